The topological polar surface area (TPSA) is 21.3 Å². The highest BCUT2D eigenvalue weighted by Gasteiger charge is 2.42. The molecular formula is C15H28F3NO. The van der Waals surface area contributed by atoms with E-state index < -0.39 is 12.6 Å². The van der Waals surface area contributed by atoms with Gasteiger partial charge in [0.05, 0.1) is 5.60 Å². The predicted octanol–water partition coefficient (Wildman–Crippen LogP) is 4.29. The summed E-state index contributed by atoms with van der Waals surface area (Å²) in [5, 5.41) is 3.21. The van der Waals surface area contributed by atoms with Gasteiger partial charge in [-0.3, -0.25) is 0 Å². The van der Waals surface area contributed by atoms with Crippen LogP contribution in [-0.4, -0.2) is 31.5 Å². The van der Waals surface area contributed by atoms with E-state index in [-0.39, 0.29) is 18.1 Å². The lowest BCUT2D eigenvalue weighted by Crippen LogP contribution is -2.54. The molecule has 120 valence electrons. The number of alkyl halides is 3. The van der Waals surface area contributed by atoms with E-state index in [9.17, 15) is 13.2 Å². The zero-order valence-corrected chi connectivity index (χ0v) is 12.9. The van der Waals surface area contributed by atoms with Crippen molar-refractivity contribution in [1.29, 1.82) is 0 Å². The van der Waals surface area contributed by atoms with Gasteiger partial charge in [-0.1, -0.05) is 19.8 Å². The molecule has 1 saturated carbocycles. The summed E-state index contributed by atoms with van der Waals surface area (Å²) in [6, 6.07) is 0.00699. The first kappa shape index (κ1) is 17.8. The Bertz CT molecular complexity index is 279. The Morgan fingerprint density at radius 1 is 1.40 bits per heavy atom. The van der Waals surface area contributed by atoms with Crippen molar-refractivity contribution in [3.05, 3.63) is 0 Å². The third-order valence-corrected chi connectivity index (χ3v) is 4.36. The molecule has 0 radical (unpaired) electrons. The van der Waals surface area contributed by atoms with Crippen LogP contribution in [0.15, 0.2) is 0 Å². The van der Waals surface area contributed by atoms with Crippen molar-refractivity contribution < 1.29 is 17.9 Å². The molecule has 1 rings (SSSR count). The monoisotopic (exact) mass is 295 g/mol. The summed E-state index contributed by atoms with van der Waals surface area (Å²) in [5.41, 5.74) is -0.285. The van der Waals surface area contributed by atoms with Gasteiger partial charge in [0.15, 0.2) is 0 Å². The first-order valence-corrected chi connectivity index (χ1v) is 7.71. The second-order valence-electron chi connectivity index (χ2n) is 6.05. The molecule has 3 unspecified atom stereocenters. The first-order valence-electron chi connectivity index (χ1n) is 7.71. The average molecular weight is 295 g/mol. The van der Waals surface area contributed by atoms with Gasteiger partial charge < -0.3 is 10.1 Å². The van der Waals surface area contributed by atoms with Gasteiger partial charge in [0.25, 0.3) is 0 Å². The normalized spacial score (nSPS) is 29.4. The van der Waals surface area contributed by atoms with Gasteiger partial charge >= 0.3 is 6.18 Å². The summed E-state index contributed by atoms with van der Waals surface area (Å²) in [7, 11) is 1.83. The fraction of sp³-hybridized carbons (Fsp3) is 1.00. The molecule has 0 aromatic rings. The van der Waals surface area contributed by atoms with E-state index in [1.54, 1.807) is 0 Å². The van der Waals surface area contributed by atoms with Crippen LogP contribution in [-0.2, 0) is 4.74 Å². The van der Waals surface area contributed by atoms with E-state index >= 15 is 0 Å². The number of likely N-dealkylation sites (N-methyl/N-ethyl adjacent to an activating group) is 1. The van der Waals surface area contributed by atoms with Crippen LogP contribution >= 0.6 is 0 Å². The zero-order valence-electron chi connectivity index (χ0n) is 12.9. The van der Waals surface area contributed by atoms with Crippen molar-refractivity contribution in [3.8, 4) is 0 Å². The van der Waals surface area contributed by atoms with Crippen LogP contribution < -0.4 is 5.32 Å². The van der Waals surface area contributed by atoms with Gasteiger partial charge in [-0.05, 0) is 45.6 Å². The lowest BCUT2D eigenvalue weighted by Gasteiger charge is -2.45. The Hall–Kier alpha value is -0.290. The smallest absolute Gasteiger partial charge is 0.374 e. The fourth-order valence-electron chi connectivity index (χ4n) is 3.56. The molecule has 0 saturated heterocycles. The molecule has 0 aromatic carbocycles. The molecule has 5 heteroatoms. The standard InChI is InChI=1S/C15H28F3NO/c1-4-20-14(9-5-7-12(2)11-14)13(19-3)8-6-10-15(16,17)18/h12-13,19H,4-11H2,1-3H3. The van der Waals surface area contributed by atoms with Gasteiger partial charge in [-0.15, -0.1) is 0 Å². The van der Waals surface area contributed by atoms with Gasteiger partial charge in [0, 0.05) is 19.1 Å². The van der Waals surface area contributed by atoms with Gasteiger partial charge in [-0.25, -0.2) is 0 Å². The van der Waals surface area contributed by atoms with Crippen LogP contribution in [0.3, 0.4) is 0 Å². The quantitative estimate of drug-likeness (QED) is 0.756. The molecule has 0 heterocycles. The maximum Gasteiger partial charge on any atom is 0.389 e. The van der Waals surface area contributed by atoms with Crippen molar-refractivity contribution in [1.82, 2.24) is 5.32 Å². The Labute approximate surface area is 120 Å². The first-order chi connectivity index (χ1) is 9.33. The van der Waals surface area contributed by atoms with Gasteiger partial charge in [0.1, 0.15) is 0 Å². The van der Waals surface area contributed by atoms with Crippen LogP contribution in [0, 0.1) is 5.92 Å². The number of hydrogen-bond donors (Lipinski definition) is 1. The summed E-state index contributed by atoms with van der Waals surface area (Å²) in [5.74, 6) is 0.578. The van der Waals surface area contributed by atoms with E-state index in [1.165, 1.54) is 6.42 Å². The second kappa shape index (κ2) is 7.64. The van der Waals surface area contributed by atoms with Crippen molar-refractivity contribution in [2.24, 2.45) is 5.92 Å². The number of rotatable bonds is 7. The molecule has 0 spiro atoms. The molecule has 1 fully saturated rings. The summed E-state index contributed by atoms with van der Waals surface area (Å²) in [6.45, 7) is 4.78. The van der Waals surface area contributed by atoms with Crippen LogP contribution in [0.5, 0.6) is 0 Å². The van der Waals surface area contributed by atoms with E-state index in [1.807, 2.05) is 14.0 Å². The maximum absolute atomic E-state index is 12.3. The molecule has 0 aliphatic heterocycles. The Morgan fingerprint density at radius 2 is 2.10 bits per heavy atom. The molecule has 1 aliphatic carbocycles. The lowest BCUT2D eigenvalue weighted by molar-refractivity contribution is -0.139. The highest BCUT2D eigenvalue weighted by Crippen LogP contribution is 2.39. The molecule has 20 heavy (non-hydrogen) atoms. The Morgan fingerprint density at radius 3 is 2.60 bits per heavy atom. The lowest BCUT2D eigenvalue weighted by atomic mass is 9.73. The van der Waals surface area contributed by atoms with Crippen LogP contribution in [0.4, 0.5) is 13.2 Å². The summed E-state index contributed by atoms with van der Waals surface area (Å²) in [6.07, 6.45) is 0.0916. The Balaban J connectivity index is 2.66. The van der Waals surface area contributed by atoms with E-state index in [0.717, 1.165) is 19.3 Å². The molecule has 0 aromatic heterocycles. The van der Waals surface area contributed by atoms with Gasteiger partial charge in [-0.2, -0.15) is 13.2 Å². The zero-order chi connectivity index (χ0) is 15.2. The summed E-state index contributed by atoms with van der Waals surface area (Å²) in [4.78, 5) is 0. The van der Waals surface area contributed by atoms with E-state index in [0.29, 0.717) is 18.9 Å². The molecule has 0 bridgehead atoms. The number of hydrogen-bond acceptors (Lipinski definition) is 2. The maximum atomic E-state index is 12.3. The molecule has 1 N–H and O–H groups in total. The highest BCUT2D eigenvalue weighted by atomic mass is 19.4. The third kappa shape index (κ3) is 5.24. The van der Waals surface area contributed by atoms with Crippen molar-refractivity contribution >= 4 is 0 Å². The SMILES string of the molecule is CCOC1(C(CCCC(F)(F)F)NC)CCCC(C)C1. The van der Waals surface area contributed by atoms with Crippen molar-refractivity contribution in [3.63, 3.8) is 0 Å². The third-order valence-electron chi connectivity index (χ3n) is 4.36. The number of ether oxygens (including phenoxy) is 1. The Kier molecular flexibility index (Phi) is 6.79. The van der Waals surface area contributed by atoms with Crippen LogP contribution in [0.1, 0.15) is 58.8 Å². The molecular weight excluding hydrogens is 267 g/mol. The summed E-state index contributed by atoms with van der Waals surface area (Å²) < 4.78 is 43.0. The van der Waals surface area contributed by atoms with E-state index in [4.69, 9.17) is 4.74 Å². The van der Waals surface area contributed by atoms with Gasteiger partial charge in [0.2, 0.25) is 0 Å². The minimum absolute atomic E-state index is 0.00699. The summed E-state index contributed by atoms with van der Waals surface area (Å²) >= 11 is 0. The minimum Gasteiger partial charge on any atom is -0.374 e. The van der Waals surface area contributed by atoms with Crippen molar-refractivity contribution in [2.45, 2.75) is 76.6 Å². The predicted molar refractivity (Wildman–Crippen MR) is 74.7 cm³/mol. The highest BCUT2D eigenvalue weighted by molar-refractivity contribution is 4.96. The van der Waals surface area contributed by atoms with Crippen molar-refractivity contribution in [2.75, 3.05) is 13.7 Å². The molecule has 3 atom stereocenters. The average Bonchev–Trinajstić information content (AvgIpc) is 2.33. The largest absolute Gasteiger partial charge is 0.389 e. The van der Waals surface area contributed by atoms with Crippen LogP contribution in [0.2, 0.25) is 0 Å². The van der Waals surface area contributed by atoms with Crippen LogP contribution in [0.25, 0.3) is 0 Å². The molecule has 2 nitrogen and oxygen atoms in total. The second-order valence-corrected chi connectivity index (χ2v) is 6.05. The molecule has 1 aliphatic rings. The van der Waals surface area contributed by atoms with E-state index in [2.05, 4.69) is 12.2 Å². The minimum atomic E-state index is -4.06. The number of halogens is 3. The number of nitrogens with one attached hydrogen (secondary N) is 1. The fourth-order valence-corrected chi connectivity index (χ4v) is 3.56. The molecule has 0 amide bonds.